The van der Waals surface area contributed by atoms with Crippen molar-refractivity contribution in [1.82, 2.24) is 0 Å². The van der Waals surface area contributed by atoms with Crippen molar-refractivity contribution in [3.63, 3.8) is 0 Å². The molecule has 0 unspecified atom stereocenters. The topological polar surface area (TPSA) is 27.3 Å². The van der Waals surface area contributed by atoms with Crippen LogP contribution in [0.2, 0.25) is 10.0 Å². The summed E-state index contributed by atoms with van der Waals surface area (Å²) in [5.74, 6) is 1.73. The predicted octanol–water partition coefficient (Wildman–Crippen LogP) is 1.21. The molecule has 0 amide bonds. The average molecular weight is 381 g/mol. The molecule has 4 nitrogen and oxygen atoms in total. The maximum absolute atomic E-state index is 6.12. The van der Waals surface area contributed by atoms with Crippen LogP contribution in [0.25, 0.3) is 0 Å². The second-order valence-electron chi connectivity index (χ2n) is 6.79. The molecule has 0 radical (unpaired) electrons. The Bertz CT molecular complexity index is 761. The van der Waals surface area contributed by atoms with E-state index >= 15 is 0 Å². The van der Waals surface area contributed by atoms with Gasteiger partial charge in [-0.05, 0) is 30.3 Å². The maximum Gasteiger partial charge on any atom is 0.231 e. The van der Waals surface area contributed by atoms with Gasteiger partial charge in [0.05, 0.1) is 10.0 Å². The molecule has 0 saturated carbocycles. The summed E-state index contributed by atoms with van der Waals surface area (Å²) in [7, 11) is 0. The highest BCUT2D eigenvalue weighted by Crippen LogP contribution is 2.32. The summed E-state index contributed by atoms with van der Waals surface area (Å²) in [4.78, 5) is 3.23. The zero-order valence-electron chi connectivity index (χ0n) is 14.0. The van der Waals surface area contributed by atoms with E-state index in [0.717, 1.165) is 24.6 Å². The third-order valence-corrected chi connectivity index (χ3v) is 5.73. The van der Waals surface area contributed by atoms with Gasteiger partial charge in [-0.1, -0.05) is 29.3 Å². The summed E-state index contributed by atoms with van der Waals surface area (Å²) in [6, 6.07) is 12.2. The summed E-state index contributed by atoms with van der Waals surface area (Å²) >= 11 is 12.1. The summed E-state index contributed by atoms with van der Waals surface area (Å²) in [6.45, 7) is 7.06. The van der Waals surface area contributed by atoms with Crippen molar-refractivity contribution in [2.45, 2.75) is 13.1 Å². The van der Waals surface area contributed by atoms with Gasteiger partial charge in [-0.15, -0.1) is 0 Å². The Morgan fingerprint density at radius 3 is 2.00 bits per heavy atom. The number of fused-ring (bicyclic) bond motifs is 1. The molecule has 0 aromatic heterocycles. The van der Waals surface area contributed by atoms with Gasteiger partial charge in [0.25, 0.3) is 0 Å². The Morgan fingerprint density at radius 2 is 1.32 bits per heavy atom. The molecule has 132 valence electrons. The van der Waals surface area contributed by atoms with Crippen LogP contribution in [0.1, 0.15) is 11.1 Å². The van der Waals surface area contributed by atoms with Gasteiger partial charge < -0.3 is 19.3 Å². The summed E-state index contributed by atoms with van der Waals surface area (Å²) in [6.07, 6.45) is 0. The molecule has 1 fully saturated rings. The van der Waals surface area contributed by atoms with Crippen molar-refractivity contribution >= 4 is 23.2 Å². The first-order valence-electron chi connectivity index (χ1n) is 8.67. The van der Waals surface area contributed by atoms with Crippen LogP contribution in [0, 0.1) is 0 Å². The van der Waals surface area contributed by atoms with Crippen LogP contribution in [0.4, 0.5) is 0 Å². The molecule has 0 atom stereocenters. The molecule has 2 aliphatic heterocycles. The van der Waals surface area contributed by atoms with Crippen molar-refractivity contribution < 1.29 is 19.3 Å². The normalized spacial score (nSPS) is 22.2. The van der Waals surface area contributed by atoms with Gasteiger partial charge >= 0.3 is 0 Å². The molecule has 2 N–H and O–H groups in total. The zero-order chi connectivity index (χ0) is 17.2. The predicted molar refractivity (Wildman–Crippen MR) is 97.8 cm³/mol. The first-order valence-corrected chi connectivity index (χ1v) is 9.42. The Kier molecular flexibility index (Phi) is 5.04. The van der Waals surface area contributed by atoms with E-state index in [9.17, 15) is 0 Å². The molecule has 0 spiro atoms. The van der Waals surface area contributed by atoms with Crippen LogP contribution in [0.3, 0.4) is 0 Å². The summed E-state index contributed by atoms with van der Waals surface area (Å²) in [5, 5.41) is 1.27. The smallest absolute Gasteiger partial charge is 0.231 e. The second kappa shape index (κ2) is 7.42. The minimum Gasteiger partial charge on any atom is -0.454 e. The van der Waals surface area contributed by atoms with E-state index in [0.29, 0.717) is 16.8 Å². The van der Waals surface area contributed by atoms with Gasteiger partial charge in [-0.2, -0.15) is 0 Å². The number of hydrogen-bond acceptors (Lipinski definition) is 2. The number of quaternary nitrogens is 2. The van der Waals surface area contributed by atoms with E-state index in [-0.39, 0.29) is 0 Å². The van der Waals surface area contributed by atoms with Crippen molar-refractivity contribution in [3.05, 3.63) is 57.6 Å². The number of piperazine rings is 1. The van der Waals surface area contributed by atoms with Crippen LogP contribution >= 0.6 is 23.2 Å². The van der Waals surface area contributed by atoms with E-state index in [1.807, 2.05) is 18.2 Å². The van der Waals surface area contributed by atoms with Crippen molar-refractivity contribution in [1.29, 1.82) is 0 Å². The Labute approximate surface area is 157 Å². The van der Waals surface area contributed by atoms with Gasteiger partial charge in [-0.3, -0.25) is 0 Å². The molecular weight excluding hydrogens is 359 g/mol. The van der Waals surface area contributed by atoms with E-state index in [2.05, 4.69) is 18.2 Å². The second-order valence-corrected chi connectivity index (χ2v) is 7.60. The maximum atomic E-state index is 6.12. The number of hydrogen-bond donors (Lipinski definition) is 2. The molecule has 6 heteroatoms. The van der Waals surface area contributed by atoms with Gasteiger partial charge in [0.1, 0.15) is 39.3 Å². The number of halogens is 2. The third kappa shape index (κ3) is 4.04. The molecule has 0 aliphatic carbocycles. The first kappa shape index (κ1) is 17.0. The Morgan fingerprint density at radius 1 is 0.720 bits per heavy atom. The van der Waals surface area contributed by atoms with Gasteiger partial charge in [-0.25, -0.2) is 0 Å². The summed E-state index contributed by atoms with van der Waals surface area (Å²) < 4.78 is 10.9. The SMILES string of the molecule is Clc1ccc(C[NH+]2CC[NH+](Cc3ccc4c(c3)OCO4)CC2)cc1Cl. The standard InChI is InChI=1S/C19H20Cl2N2O2/c20-16-3-1-14(9-17(16)21)11-22-5-7-23(8-6-22)12-15-2-4-18-19(10-15)25-13-24-18/h1-4,9-10H,5-8,11-13H2/p+2. The van der Waals surface area contributed by atoms with Crippen LogP contribution < -0.4 is 19.3 Å². The lowest BCUT2D eigenvalue weighted by atomic mass is 10.1. The molecule has 0 bridgehead atoms. The van der Waals surface area contributed by atoms with E-state index in [1.54, 1.807) is 9.80 Å². The van der Waals surface area contributed by atoms with Crippen molar-refractivity contribution in [2.75, 3.05) is 33.0 Å². The molecule has 2 aliphatic rings. The molecule has 1 saturated heterocycles. The molecule has 25 heavy (non-hydrogen) atoms. The molecule has 4 rings (SSSR count). The molecule has 2 heterocycles. The molecular formula is C19H22Cl2N2O2+2. The highest BCUT2D eigenvalue weighted by Gasteiger charge is 2.24. The quantitative estimate of drug-likeness (QED) is 0.833. The highest BCUT2D eigenvalue weighted by atomic mass is 35.5. The van der Waals surface area contributed by atoms with Crippen LogP contribution in [-0.2, 0) is 13.1 Å². The van der Waals surface area contributed by atoms with Crippen LogP contribution in [0.15, 0.2) is 36.4 Å². The third-order valence-electron chi connectivity index (χ3n) is 4.99. The Hall–Kier alpha value is -1.46. The lowest BCUT2D eigenvalue weighted by Gasteiger charge is -2.30. The van der Waals surface area contributed by atoms with Crippen LogP contribution in [0.5, 0.6) is 11.5 Å². The largest absolute Gasteiger partial charge is 0.454 e. The minimum atomic E-state index is 0.336. The highest BCUT2D eigenvalue weighted by molar-refractivity contribution is 6.42. The van der Waals surface area contributed by atoms with Crippen molar-refractivity contribution in [3.8, 4) is 11.5 Å². The number of benzene rings is 2. The zero-order valence-corrected chi connectivity index (χ0v) is 15.5. The number of nitrogens with one attached hydrogen (secondary N) is 2. The fourth-order valence-corrected chi connectivity index (χ4v) is 3.91. The van der Waals surface area contributed by atoms with Gasteiger partial charge in [0.2, 0.25) is 6.79 Å². The number of ether oxygens (including phenoxy) is 2. The average Bonchev–Trinajstić information content (AvgIpc) is 3.08. The van der Waals surface area contributed by atoms with Gasteiger partial charge in [0.15, 0.2) is 11.5 Å². The fourth-order valence-electron chi connectivity index (χ4n) is 3.59. The number of rotatable bonds is 4. The van der Waals surface area contributed by atoms with Gasteiger partial charge in [0, 0.05) is 11.1 Å². The lowest BCUT2D eigenvalue weighted by molar-refractivity contribution is -1.02. The molecule has 2 aromatic carbocycles. The Balaban J connectivity index is 1.30. The lowest BCUT2D eigenvalue weighted by Crippen LogP contribution is -3.27. The fraction of sp³-hybridized carbons (Fsp3) is 0.368. The van der Waals surface area contributed by atoms with E-state index in [1.165, 1.54) is 37.3 Å². The van der Waals surface area contributed by atoms with E-state index in [4.69, 9.17) is 32.7 Å². The van der Waals surface area contributed by atoms with Crippen molar-refractivity contribution in [2.24, 2.45) is 0 Å². The minimum absolute atomic E-state index is 0.336. The monoisotopic (exact) mass is 380 g/mol. The van der Waals surface area contributed by atoms with E-state index < -0.39 is 0 Å². The van der Waals surface area contributed by atoms with Crippen LogP contribution in [-0.4, -0.2) is 33.0 Å². The molecule has 2 aromatic rings. The summed E-state index contributed by atoms with van der Waals surface area (Å²) in [5.41, 5.74) is 2.57. The first-order chi connectivity index (χ1) is 12.2.